The molecule has 0 aliphatic rings. The molecule has 1 aromatic carbocycles. The summed E-state index contributed by atoms with van der Waals surface area (Å²) in [5.74, 6) is 4.54. The normalized spacial score (nSPS) is 9.40. The lowest BCUT2D eigenvalue weighted by atomic mass is 10.2. The Hall–Kier alpha value is -2.15. The number of hydrogen-bond acceptors (Lipinski definition) is 6. The van der Waals surface area contributed by atoms with Crippen LogP contribution in [0.3, 0.4) is 0 Å². The summed E-state index contributed by atoms with van der Waals surface area (Å²) in [6.45, 7) is -0.0476. The molecule has 0 aliphatic heterocycles. The van der Waals surface area contributed by atoms with Gasteiger partial charge >= 0.3 is 6.16 Å². The second-order valence-corrected chi connectivity index (χ2v) is 2.58. The molecule has 0 aliphatic carbocycles. The van der Waals surface area contributed by atoms with Gasteiger partial charge in [-0.15, -0.1) is 0 Å². The topological polar surface area (TPSA) is 105 Å². The first-order chi connectivity index (χ1) is 7.13. The van der Waals surface area contributed by atoms with Crippen LogP contribution < -0.4 is 5.90 Å². The number of non-ortho nitro benzene ring substituents is 1. The van der Waals surface area contributed by atoms with Crippen LogP contribution in [-0.4, -0.2) is 11.1 Å². The summed E-state index contributed by atoms with van der Waals surface area (Å²) in [4.78, 5) is 24.0. The predicted octanol–water partition coefficient (Wildman–Crippen LogP) is 1.12. The van der Waals surface area contributed by atoms with Crippen LogP contribution in [0.25, 0.3) is 0 Å². The Kier molecular flexibility index (Phi) is 3.58. The molecule has 15 heavy (non-hydrogen) atoms. The highest BCUT2D eigenvalue weighted by Gasteiger charge is 2.05. The Morgan fingerprint density at radius 1 is 1.40 bits per heavy atom. The van der Waals surface area contributed by atoms with Gasteiger partial charge in [-0.3, -0.25) is 10.1 Å². The minimum atomic E-state index is -1.01. The van der Waals surface area contributed by atoms with Gasteiger partial charge in [0, 0.05) is 12.1 Å². The van der Waals surface area contributed by atoms with Crippen LogP contribution >= 0.6 is 0 Å². The predicted molar refractivity (Wildman–Crippen MR) is 48.6 cm³/mol. The summed E-state index contributed by atoms with van der Waals surface area (Å²) in [5.41, 5.74) is 0.575. The summed E-state index contributed by atoms with van der Waals surface area (Å²) >= 11 is 0. The van der Waals surface area contributed by atoms with E-state index in [1.54, 1.807) is 0 Å². The molecular weight excluding hydrogens is 204 g/mol. The molecule has 1 rings (SSSR count). The Labute approximate surface area is 84.5 Å². The van der Waals surface area contributed by atoms with E-state index in [-0.39, 0.29) is 12.3 Å². The fourth-order valence-electron chi connectivity index (χ4n) is 0.890. The Morgan fingerprint density at radius 3 is 2.47 bits per heavy atom. The molecule has 0 radical (unpaired) electrons. The second kappa shape index (κ2) is 4.91. The highest BCUT2D eigenvalue weighted by Crippen LogP contribution is 2.12. The number of carbonyl (C=O) groups is 1. The summed E-state index contributed by atoms with van der Waals surface area (Å²) in [6, 6.07) is 5.57. The molecule has 0 saturated carbocycles. The number of ether oxygens (including phenoxy) is 1. The van der Waals surface area contributed by atoms with Crippen molar-refractivity contribution < 1.29 is 19.3 Å². The maximum atomic E-state index is 10.5. The first-order valence-corrected chi connectivity index (χ1v) is 3.90. The molecule has 0 heterocycles. The van der Waals surface area contributed by atoms with Crippen molar-refractivity contribution in [3.8, 4) is 0 Å². The van der Waals surface area contributed by atoms with Crippen LogP contribution in [0, 0.1) is 10.1 Å². The minimum absolute atomic E-state index is 0.0276. The number of nitro groups is 1. The highest BCUT2D eigenvalue weighted by molar-refractivity contribution is 5.59. The maximum absolute atomic E-state index is 10.5. The number of benzene rings is 1. The van der Waals surface area contributed by atoms with Gasteiger partial charge in [-0.05, 0) is 17.7 Å². The van der Waals surface area contributed by atoms with Crippen molar-refractivity contribution in [1.82, 2.24) is 0 Å². The van der Waals surface area contributed by atoms with Crippen molar-refractivity contribution in [2.24, 2.45) is 5.90 Å². The van der Waals surface area contributed by atoms with Crippen molar-refractivity contribution in [3.63, 3.8) is 0 Å². The first-order valence-electron chi connectivity index (χ1n) is 3.90. The van der Waals surface area contributed by atoms with Crippen molar-refractivity contribution in [2.45, 2.75) is 6.61 Å². The van der Waals surface area contributed by atoms with Gasteiger partial charge in [0.15, 0.2) is 0 Å². The summed E-state index contributed by atoms with van der Waals surface area (Å²) in [6.07, 6.45) is -1.01. The van der Waals surface area contributed by atoms with Crippen LogP contribution in [0.2, 0.25) is 0 Å². The molecule has 80 valence electrons. The zero-order chi connectivity index (χ0) is 11.3. The molecular formula is C8H8N2O5. The van der Waals surface area contributed by atoms with Gasteiger partial charge in [0.1, 0.15) is 6.61 Å². The summed E-state index contributed by atoms with van der Waals surface area (Å²) < 4.78 is 4.52. The van der Waals surface area contributed by atoms with Crippen molar-refractivity contribution in [2.75, 3.05) is 0 Å². The molecule has 0 amide bonds. The fourth-order valence-corrected chi connectivity index (χ4v) is 0.890. The maximum Gasteiger partial charge on any atom is 0.527 e. The third-order valence-electron chi connectivity index (χ3n) is 1.60. The lowest BCUT2D eigenvalue weighted by Gasteiger charge is -2.01. The van der Waals surface area contributed by atoms with Crippen molar-refractivity contribution in [1.29, 1.82) is 0 Å². The van der Waals surface area contributed by atoms with E-state index >= 15 is 0 Å². The quantitative estimate of drug-likeness (QED) is 0.457. The van der Waals surface area contributed by atoms with E-state index in [0.717, 1.165) is 0 Å². The fraction of sp³-hybridized carbons (Fsp3) is 0.125. The zero-order valence-electron chi connectivity index (χ0n) is 7.58. The van der Waals surface area contributed by atoms with Gasteiger partial charge in [0.2, 0.25) is 0 Å². The number of carbonyl (C=O) groups excluding carboxylic acids is 1. The van der Waals surface area contributed by atoms with Gasteiger partial charge in [-0.25, -0.2) is 4.79 Å². The van der Waals surface area contributed by atoms with Crippen LogP contribution in [0.1, 0.15) is 5.56 Å². The molecule has 0 atom stereocenters. The number of nitrogens with zero attached hydrogens (tertiary/aromatic N) is 1. The van der Waals surface area contributed by atoms with E-state index in [4.69, 9.17) is 0 Å². The SMILES string of the molecule is NOC(=O)OCc1ccc([N+](=O)[O-])cc1. The van der Waals surface area contributed by atoms with Gasteiger partial charge in [-0.2, -0.15) is 5.90 Å². The smallest absolute Gasteiger partial charge is 0.428 e. The molecule has 0 unspecified atom stereocenters. The van der Waals surface area contributed by atoms with Crippen LogP contribution in [0.5, 0.6) is 0 Å². The third kappa shape index (κ3) is 3.24. The molecule has 0 bridgehead atoms. The first kappa shape index (κ1) is 10.9. The van der Waals surface area contributed by atoms with E-state index in [0.29, 0.717) is 5.56 Å². The van der Waals surface area contributed by atoms with Gasteiger partial charge in [-0.1, -0.05) is 0 Å². The zero-order valence-corrected chi connectivity index (χ0v) is 7.58. The minimum Gasteiger partial charge on any atom is -0.428 e. The summed E-state index contributed by atoms with van der Waals surface area (Å²) in [5, 5.41) is 10.3. The van der Waals surface area contributed by atoms with Crippen LogP contribution in [0.4, 0.5) is 10.5 Å². The van der Waals surface area contributed by atoms with Crippen molar-refractivity contribution >= 4 is 11.8 Å². The van der Waals surface area contributed by atoms with E-state index < -0.39 is 11.1 Å². The van der Waals surface area contributed by atoms with E-state index in [1.807, 2.05) is 0 Å². The lowest BCUT2D eigenvalue weighted by Crippen LogP contribution is -2.11. The van der Waals surface area contributed by atoms with Crippen LogP contribution in [0.15, 0.2) is 24.3 Å². The van der Waals surface area contributed by atoms with Gasteiger partial charge in [0.25, 0.3) is 5.69 Å². The van der Waals surface area contributed by atoms with E-state index in [2.05, 4.69) is 15.5 Å². The Morgan fingerprint density at radius 2 is 2.00 bits per heavy atom. The highest BCUT2D eigenvalue weighted by atomic mass is 16.8. The van der Waals surface area contributed by atoms with E-state index in [1.165, 1.54) is 24.3 Å². The average molecular weight is 212 g/mol. The number of rotatable bonds is 3. The third-order valence-corrected chi connectivity index (χ3v) is 1.60. The van der Waals surface area contributed by atoms with Gasteiger partial charge in [0.05, 0.1) is 4.92 Å². The number of nitro benzene ring substituents is 1. The molecule has 0 saturated heterocycles. The van der Waals surface area contributed by atoms with E-state index in [9.17, 15) is 14.9 Å². The largest absolute Gasteiger partial charge is 0.527 e. The Bertz CT molecular complexity index is 362. The van der Waals surface area contributed by atoms with Gasteiger partial charge < -0.3 is 9.57 Å². The molecule has 1 aromatic rings. The molecule has 0 fully saturated rings. The second-order valence-electron chi connectivity index (χ2n) is 2.58. The van der Waals surface area contributed by atoms with Crippen molar-refractivity contribution in [3.05, 3.63) is 39.9 Å². The standard InChI is InChI=1S/C8H8N2O5/c9-15-8(11)14-5-6-1-3-7(4-2-6)10(12)13/h1-4H,5,9H2. The molecule has 7 nitrogen and oxygen atoms in total. The summed E-state index contributed by atoms with van der Waals surface area (Å²) in [7, 11) is 0. The monoisotopic (exact) mass is 212 g/mol. The van der Waals surface area contributed by atoms with Crippen LogP contribution in [-0.2, 0) is 16.2 Å². The number of hydrogen-bond donors (Lipinski definition) is 1. The lowest BCUT2D eigenvalue weighted by molar-refractivity contribution is -0.384. The number of nitrogens with two attached hydrogens (primary N) is 1. The average Bonchev–Trinajstić information content (AvgIpc) is 2.26. The molecule has 2 N–H and O–H groups in total. The molecule has 0 aromatic heterocycles. The molecule has 0 spiro atoms. The Balaban J connectivity index is 2.57. The molecule has 7 heteroatoms.